The lowest BCUT2D eigenvalue weighted by Crippen LogP contribution is -2.39. The van der Waals surface area contributed by atoms with Gasteiger partial charge in [0.2, 0.25) is 10.0 Å². The van der Waals surface area contributed by atoms with Crippen LogP contribution >= 0.6 is 23.2 Å². The first kappa shape index (κ1) is 35.6. The van der Waals surface area contributed by atoms with Gasteiger partial charge in [0.05, 0.1) is 31.1 Å². The molecular weight excluding hydrogens is 571 g/mol. The van der Waals surface area contributed by atoms with Crippen molar-refractivity contribution < 1.29 is 17.9 Å². The molecule has 1 aromatic carbocycles. The lowest BCUT2D eigenvalue weighted by atomic mass is 9.95. The summed E-state index contributed by atoms with van der Waals surface area (Å²) < 4.78 is 39.0. The number of methoxy groups -OCH3 is 2. The van der Waals surface area contributed by atoms with Gasteiger partial charge in [-0.2, -0.15) is 5.10 Å². The Bertz CT molecular complexity index is 1140. The van der Waals surface area contributed by atoms with E-state index >= 15 is 0 Å². The quantitative estimate of drug-likeness (QED) is 0.241. The van der Waals surface area contributed by atoms with Crippen LogP contribution in [0.15, 0.2) is 70.2 Å². The van der Waals surface area contributed by atoms with E-state index in [-0.39, 0.29) is 23.4 Å². The molecule has 2 unspecified atom stereocenters. The van der Waals surface area contributed by atoms with E-state index in [2.05, 4.69) is 40.6 Å². The average Bonchev–Trinajstić information content (AvgIpc) is 3.40. The molecule has 1 heterocycles. The van der Waals surface area contributed by atoms with E-state index in [1.54, 1.807) is 38.5 Å². The maximum Gasteiger partial charge on any atom is 0.240 e. The molecule has 0 amide bonds. The van der Waals surface area contributed by atoms with Crippen molar-refractivity contribution in [2.75, 3.05) is 39.7 Å². The summed E-state index contributed by atoms with van der Waals surface area (Å²) in [6.45, 7) is 13.4. The number of hydrogen-bond acceptors (Lipinski definition) is 7. The fraction of sp³-hybridized carbons (Fsp3) is 0.483. The minimum atomic E-state index is -3.63. The molecule has 2 aliphatic rings. The zero-order valence-corrected chi connectivity index (χ0v) is 26.7. The molecule has 1 aliphatic heterocycles. The first-order chi connectivity index (χ1) is 19.1. The predicted molar refractivity (Wildman–Crippen MR) is 169 cm³/mol. The maximum absolute atomic E-state index is 12.9. The van der Waals surface area contributed by atoms with Gasteiger partial charge in [-0.1, -0.05) is 42.8 Å². The van der Waals surface area contributed by atoms with E-state index in [0.717, 1.165) is 35.9 Å². The SMILES string of the molecule is C/C=C(/Cl)CC.C=CCCl.CCN(CC)C1=NNC2C=CC(S(=O)(=O)NCCc3cc(OC)cc(OC)c3)=CC12. The zero-order chi connectivity index (χ0) is 30.1. The van der Waals surface area contributed by atoms with Crippen LogP contribution in [0.5, 0.6) is 11.5 Å². The highest BCUT2D eigenvalue weighted by molar-refractivity contribution is 7.93. The van der Waals surface area contributed by atoms with Gasteiger partial charge < -0.3 is 19.8 Å². The van der Waals surface area contributed by atoms with Crippen molar-refractivity contribution in [2.24, 2.45) is 11.0 Å². The van der Waals surface area contributed by atoms with Crippen LogP contribution in [0.1, 0.15) is 39.7 Å². The van der Waals surface area contributed by atoms with E-state index < -0.39 is 10.0 Å². The standard InChI is InChI=1S/C21H30N4O4S.C5H9Cl.C3H5Cl/c1-5-25(6-2)21-19-14-18(7-8-20(19)23-24-21)30(26,27)22-10-9-15-11-16(28-3)13-17(12-15)29-4;1-3-5(6)4-2;1-2-3-4/h7-8,11-14,19-20,22-23H,5-6,9-10H2,1-4H3;3H,4H2,1-2H3;2H,1,3H2/b;5-3+;. The fourth-order valence-corrected chi connectivity index (χ4v) is 4.99. The second-order valence-electron chi connectivity index (χ2n) is 8.65. The summed E-state index contributed by atoms with van der Waals surface area (Å²) in [5.41, 5.74) is 4.02. The molecule has 2 atom stereocenters. The van der Waals surface area contributed by atoms with E-state index in [1.807, 2.05) is 38.1 Å². The fourth-order valence-electron chi connectivity index (χ4n) is 3.86. The van der Waals surface area contributed by atoms with Crippen molar-refractivity contribution >= 4 is 39.1 Å². The van der Waals surface area contributed by atoms with E-state index in [1.165, 1.54) is 0 Å². The third-order valence-corrected chi connectivity index (χ3v) is 8.28. The van der Waals surface area contributed by atoms with Crippen LogP contribution in [0.3, 0.4) is 0 Å². The monoisotopic (exact) mass is 614 g/mol. The second-order valence-corrected chi connectivity index (χ2v) is 11.2. The van der Waals surface area contributed by atoms with Gasteiger partial charge in [0.15, 0.2) is 0 Å². The minimum Gasteiger partial charge on any atom is -0.497 e. The Morgan fingerprint density at radius 2 is 1.77 bits per heavy atom. The number of ether oxygens (including phenoxy) is 2. The normalized spacial score (nSPS) is 17.6. The maximum atomic E-state index is 12.9. The van der Waals surface area contributed by atoms with Crippen LogP contribution in [0.2, 0.25) is 0 Å². The molecule has 224 valence electrons. The molecule has 0 spiro atoms. The number of halogens is 2. The highest BCUT2D eigenvalue weighted by Gasteiger charge is 2.35. The molecule has 1 aliphatic carbocycles. The summed E-state index contributed by atoms with van der Waals surface area (Å²) in [6, 6.07) is 5.52. The Balaban J connectivity index is 0.000000686. The minimum absolute atomic E-state index is 0.0104. The third kappa shape index (κ3) is 11.2. The smallest absolute Gasteiger partial charge is 0.240 e. The molecule has 40 heavy (non-hydrogen) atoms. The van der Waals surface area contributed by atoms with Crippen LogP contribution < -0.4 is 19.6 Å². The molecule has 0 radical (unpaired) electrons. The summed E-state index contributed by atoms with van der Waals surface area (Å²) >= 11 is 10.6. The predicted octanol–water partition coefficient (Wildman–Crippen LogP) is 5.81. The van der Waals surface area contributed by atoms with Crippen LogP contribution in [0, 0.1) is 5.92 Å². The summed E-state index contributed by atoms with van der Waals surface area (Å²) in [5.74, 6) is 2.69. The molecule has 0 bridgehead atoms. The number of benzene rings is 1. The van der Waals surface area contributed by atoms with Crippen LogP contribution in [0.4, 0.5) is 0 Å². The largest absolute Gasteiger partial charge is 0.497 e. The number of rotatable bonds is 11. The number of fused-ring (bicyclic) bond motifs is 1. The molecular formula is C29H44Cl2N4O4S. The van der Waals surface area contributed by atoms with Crippen LogP contribution in [0.25, 0.3) is 0 Å². The number of nitrogens with zero attached hydrogens (tertiary/aromatic N) is 2. The number of nitrogens with one attached hydrogen (secondary N) is 2. The summed E-state index contributed by atoms with van der Waals surface area (Å²) in [7, 11) is -0.451. The number of sulfonamides is 1. The topological polar surface area (TPSA) is 92.3 Å². The molecule has 11 heteroatoms. The van der Waals surface area contributed by atoms with Gasteiger partial charge in [-0.25, -0.2) is 13.1 Å². The Labute approximate surface area is 250 Å². The number of hydrazone groups is 1. The van der Waals surface area contributed by atoms with Gasteiger partial charge in [-0.3, -0.25) is 0 Å². The van der Waals surface area contributed by atoms with Crippen molar-refractivity contribution in [1.29, 1.82) is 0 Å². The summed E-state index contributed by atoms with van der Waals surface area (Å²) in [6.07, 6.45) is 10.3. The molecule has 2 N–H and O–H groups in total. The van der Waals surface area contributed by atoms with Crippen molar-refractivity contribution in [2.45, 2.75) is 46.6 Å². The Morgan fingerprint density at radius 3 is 2.23 bits per heavy atom. The van der Waals surface area contributed by atoms with Crippen molar-refractivity contribution in [3.8, 4) is 11.5 Å². The number of allylic oxidation sites excluding steroid dienone is 4. The van der Waals surface area contributed by atoms with E-state index in [4.69, 9.17) is 32.7 Å². The molecule has 1 aromatic rings. The van der Waals surface area contributed by atoms with Gasteiger partial charge in [-0.15, -0.1) is 18.2 Å². The van der Waals surface area contributed by atoms with Crippen molar-refractivity contribution in [3.05, 3.63) is 70.7 Å². The highest BCUT2D eigenvalue weighted by atomic mass is 35.5. The molecule has 0 aromatic heterocycles. The lowest BCUT2D eigenvalue weighted by Gasteiger charge is -2.26. The first-order valence-electron chi connectivity index (χ1n) is 13.3. The Kier molecular flexibility index (Phi) is 16.7. The third-order valence-electron chi connectivity index (χ3n) is 6.10. The van der Waals surface area contributed by atoms with Gasteiger partial charge in [-0.05, 0) is 57.4 Å². The highest BCUT2D eigenvalue weighted by Crippen LogP contribution is 2.27. The molecule has 0 saturated carbocycles. The van der Waals surface area contributed by atoms with Crippen molar-refractivity contribution in [3.63, 3.8) is 0 Å². The van der Waals surface area contributed by atoms with Gasteiger partial charge in [0, 0.05) is 36.6 Å². The zero-order valence-electron chi connectivity index (χ0n) is 24.4. The van der Waals surface area contributed by atoms with E-state index in [0.29, 0.717) is 23.8 Å². The molecule has 0 fully saturated rings. The van der Waals surface area contributed by atoms with E-state index in [9.17, 15) is 8.42 Å². The Hall–Kier alpha value is -2.46. The number of alkyl halides is 1. The van der Waals surface area contributed by atoms with Gasteiger partial charge in [0.1, 0.15) is 17.3 Å². The van der Waals surface area contributed by atoms with Crippen molar-refractivity contribution in [1.82, 2.24) is 15.0 Å². The van der Waals surface area contributed by atoms with Gasteiger partial charge in [0.25, 0.3) is 0 Å². The number of hydrogen-bond donors (Lipinski definition) is 2. The first-order valence-corrected chi connectivity index (χ1v) is 15.7. The van der Waals surface area contributed by atoms with Crippen LogP contribution in [-0.4, -0.2) is 64.9 Å². The summed E-state index contributed by atoms with van der Waals surface area (Å²) in [4.78, 5) is 2.41. The summed E-state index contributed by atoms with van der Waals surface area (Å²) in [5, 5.41) is 5.37. The van der Waals surface area contributed by atoms with Gasteiger partial charge >= 0.3 is 0 Å². The number of amidine groups is 1. The van der Waals surface area contributed by atoms with Crippen LogP contribution in [-0.2, 0) is 16.4 Å². The molecule has 3 rings (SSSR count). The second kappa shape index (κ2) is 18.8. The average molecular weight is 616 g/mol. The lowest BCUT2D eigenvalue weighted by molar-refractivity contribution is 0.393. The molecule has 8 nitrogen and oxygen atoms in total. The molecule has 0 saturated heterocycles. The Morgan fingerprint density at radius 1 is 1.18 bits per heavy atom.